The van der Waals surface area contributed by atoms with Crippen LogP contribution in [-0.2, 0) is 0 Å². The summed E-state index contributed by atoms with van der Waals surface area (Å²) in [4.78, 5) is 10.4. The lowest BCUT2D eigenvalue weighted by Crippen LogP contribution is -2.15. The summed E-state index contributed by atoms with van der Waals surface area (Å²) in [5.41, 5.74) is 7.33. The fourth-order valence-electron chi connectivity index (χ4n) is 9.08. The Balaban J connectivity index is 1.18. The first-order chi connectivity index (χ1) is 28.5. The molecule has 0 aromatic heterocycles. The zero-order valence-electron chi connectivity index (χ0n) is 31.9. The van der Waals surface area contributed by atoms with Crippen LogP contribution in [0, 0.1) is 6.57 Å². The molecule has 0 unspecified atom stereocenters. The first-order valence-electron chi connectivity index (χ1n) is 19.4. The van der Waals surface area contributed by atoms with Crippen molar-refractivity contribution in [3.05, 3.63) is 192 Å². The Hall–Kier alpha value is -7.32. The number of halogens is 1. The van der Waals surface area contributed by atoms with Crippen molar-refractivity contribution in [3.63, 3.8) is 0 Å². The van der Waals surface area contributed by atoms with E-state index >= 15 is 0 Å². The van der Waals surface area contributed by atoms with Crippen molar-refractivity contribution >= 4 is 122 Å². The maximum Gasteiger partial charge on any atom is 0.187 e. The van der Waals surface area contributed by atoms with Crippen LogP contribution in [-0.4, -0.2) is 14.1 Å². The number of benzene rings is 11. The van der Waals surface area contributed by atoms with E-state index in [1.807, 2.05) is 24.3 Å². The molecule has 11 aromatic rings. The van der Waals surface area contributed by atoms with Gasteiger partial charge in [0, 0.05) is 41.9 Å². The normalized spacial score (nSPS) is 11.7. The molecule has 4 nitrogen and oxygen atoms in total. The third-order valence-corrected chi connectivity index (χ3v) is 12.2. The van der Waals surface area contributed by atoms with E-state index in [9.17, 15) is 0 Å². The molecule has 5 heteroatoms. The van der Waals surface area contributed by atoms with Crippen LogP contribution in [0.2, 0.25) is 5.02 Å². The van der Waals surface area contributed by atoms with Gasteiger partial charge in [-0.05, 0) is 115 Å². The van der Waals surface area contributed by atoms with E-state index in [1.165, 1.54) is 53.9 Å². The maximum atomic E-state index is 7.90. The van der Waals surface area contributed by atoms with Gasteiger partial charge < -0.3 is 14.7 Å². The Labute approximate surface area is 341 Å². The standard InChI is InChI=1S/C53H35ClN4/c1-55-39-21-23-41(24-22-39)57(45-31-19-37-15-13-33-7-4-9-35-17-29-43(45)51(37)49(33)35)47-11-6-12-48(53(47)54)58(42-27-25-40(26-28-42)56(2)3)46-32-20-38-16-14-34-8-5-10-36-18-30-44(46)52(38)50(34)36/h4-32H,2-3H3. The lowest BCUT2D eigenvalue weighted by atomic mass is 9.93. The van der Waals surface area contributed by atoms with Crippen molar-refractivity contribution < 1.29 is 0 Å². The number of anilines is 7. The van der Waals surface area contributed by atoms with Gasteiger partial charge in [0.15, 0.2) is 5.69 Å². The van der Waals surface area contributed by atoms with Gasteiger partial charge in [0.05, 0.1) is 34.3 Å². The van der Waals surface area contributed by atoms with E-state index in [0.29, 0.717) is 10.7 Å². The zero-order chi connectivity index (χ0) is 39.1. The molecular weight excluding hydrogens is 728 g/mol. The van der Waals surface area contributed by atoms with Crippen molar-refractivity contribution in [3.8, 4) is 0 Å². The molecule has 0 N–H and O–H groups in total. The molecule has 274 valence electrons. The zero-order valence-corrected chi connectivity index (χ0v) is 32.7. The van der Waals surface area contributed by atoms with Crippen LogP contribution in [0.4, 0.5) is 45.5 Å². The molecule has 0 aliphatic carbocycles. The summed E-state index contributed by atoms with van der Waals surface area (Å²) in [6.07, 6.45) is 0. The van der Waals surface area contributed by atoms with Gasteiger partial charge in [-0.2, -0.15) is 0 Å². The van der Waals surface area contributed by atoms with Crippen LogP contribution >= 0.6 is 11.6 Å². The van der Waals surface area contributed by atoms with Crippen LogP contribution in [0.3, 0.4) is 0 Å². The SMILES string of the molecule is [C-]#[N+]c1ccc(N(c2cccc(N(c3ccc(N(C)C)cc3)c3ccc4ccc5cccc6ccc3c4c56)c2Cl)c2ccc3ccc4cccc5ccc2c3c45)cc1. The lowest BCUT2D eigenvalue weighted by Gasteiger charge is -2.32. The Morgan fingerprint density at radius 3 is 1.17 bits per heavy atom. The third-order valence-electron chi connectivity index (χ3n) is 11.8. The quantitative estimate of drug-likeness (QED) is 0.119. The fourth-order valence-corrected chi connectivity index (χ4v) is 9.37. The second-order valence-corrected chi connectivity index (χ2v) is 15.6. The highest BCUT2D eigenvalue weighted by atomic mass is 35.5. The van der Waals surface area contributed by atoms with Gasteiger partial charge in [-0.3, -0.25) is 0 Å². The highest BCUT2D eigenvalue weighted by molar-refractivity contribution is 6.37. The molecule has 11 aromatic carbocycles. The van der Waals surface area contributed by atoms with Crippen molar-refractivity contribution in [1.29, 1.82) is 0 Å². The van der Waals surface area contributed by atoms with Crippen molar-refractivity contribution in [2.24, 2.45) is 0 Å². The van der Waals surface area contributed by atoms with Gasteiger partial charge in [0.2, 0.25) is 0 Å². The highest BCUT2D eigenvalue weighted by Crippen LogP contribution is 2.51. The molecule has 0 amide bonds. The predicted molar refractivity (Wildman–Crippen MR) is 249 cm³/mol. The molecule has 58 heavy (non-hydrogen) atoms. The van der Waals surface area contributed by atoms with E-state index in [2.05, 4.69) is 185 Å². The predicted octanol–water partition coefficient (Wildman–Crippen LogP) is 15.7. The monoisotopic (exact) mass is 762 g/mol. The second-order valence-electron chi connectivity index (χ2n) is 15.2. The first kappa shape index (κ1) is 34.0. The first-order valence-corrected chi connectivity index (χ1v) is 19.8. The minimum atomic E-state index is 0.584. The average Bonchev–Trinajstić information content (AvgIpc) is 3.27. The topological polar surface area (TPSA) is 14.1 Å². The van der Waals surface area contributed by atoms with Crippen LogP contribution in [0.25, 0.3) is 69.5 Å². The molecule has 0 radical (unpaired) electrons. The fraction of sp³-hybridized carbons (Fsp3) is 0.0377. The molecule has 0 saturated carbocycles. The Bertz CT molecular complexity index is 3370. The minimum absolute atomic E-state index is 0.584. The maximum absolute atomic E-state index is 7.90. The summed E-state index contributed by atoms with van der Waals surface area (Å²) < 4.78 is 0. The van der Waals surface area contributed by atoms with Crippen molar-refractivity contribution in [2.75, 3.05) is 28.8 Å². The summed E-state index contributed by atoms with van der Waals surface area (Å²) in [6, 6.07) is 62.5. The van der Waals surface area contributed by atoms with E-state index in [1.54, 1.807) is 0 Å². The smallest absolute Gasteiger partial charge is 0.187 e. The van der Waals surface area contributed by atoms with Gasteiger partial charge >= 0.3 is 0 Å². The summed E-state index contributed by atoms with van der Waals surface area (Å²) in [5, 5.41) is 15.1. The summed E-state index contributed by atoms with van der Waals surface area (Å²) in [7, 11) is 4.12. The van der Waals surface area contributed by atoms with Gasteiger partial charge in [-0.15, -0.1) is 0 Å². The van der Waals surface area contributed by atoms with E-state index in [0.717, 1.165) is 50.6 Å². The number of nitrogens with zero attached hydrogens (tertiary/aromatic N) is 4. The molecule has 0 saturated heterocycles. The van der Waals surface area contributed by atoms with E-state index in [4.69, 9.17) is 18.2 Å². The molecule has 0 spiro atoms. The molecule has 0 atom stereocenters. The van der Waals surface area contributed by atoms with Crippen LogP contribution in [0.5, 0.6) is 0 Å². The van der Waals surface area contributed by atoms with Crippen molar-refractivity contribution in [2.45, 2.75) is 0 Å². The van der Waals surface area contributed by atoms with Crippen LogP contribution in [0.1, 0.15) is 0 Å². The van der Waals surface area contributed by atoms with E-state index < -0.39 is 0 Å². The van der Waals surface area contributed by atoms with Crippen LogP contribution < -0.4 is 14.7 Å². The molecule has 0 aliphatic rings. The molecular formula is C53H35ClN4. The largest absolute Gasteiger partial charge is 0.378 e. The molecule has 0 aliphatic heterocycles. The Kier molecular flexibility index (Phi) is 7.69. The molecule has 0 bridgehead atoms. The lowest BCUT2D eigenvalue weighted by molar-refractivity contribution is 1.13. The van der Waals surface area contributed by atoms with E-state index in [-0.39, 0.29) is 0 Å². The molecule has 0 fully saturated rings. The molecule has 11 rings (SSSR count). The van der Waals surface area contributed by atoms with Gasteiger partial charge in [0.25, 0.3) is 0 Å². The molecule has 0 heterocycles. The van der Waals surface area contributed by atoms with Crippen molar-refractivity contribution in [1.82, 2.24) is 0 Å². The summed E-state index contributed by atoms with van der Waals surface area (Å²) in [5.74, 6) is 0. The van der Waals surface area contributed by atoms with Gasteiger partial charge in [-0.25, -0.2) is 4.85 Å². The number of rotatable bonds is 7. The third kappa shape index (κ3) is 5.14. The van der Waals surface area contributed by atoms with Crippen LogP contribution in [0.15, 0.2) is 176 Å². The van der Waals surface area contributed by atoms with Gasteiger partial charge in [-0.1, -0.05) is 127 Å². The highest BCUT2D eigenvalue weighted by Gasteiger charge is 2.26. The average molecular weight is 763 g/mol. The number of hydrogen-bond donors (Lipinski definition) is 0. The van der Waals surface area contributed by atoms with Gasteiger partial charge in [0.1, 0.15) is 0 Å². The second kappa shape index (κ2) is 13.1. The Morgan fingerprint density at radius 1 is 0.379 bits per heavy atom. The minimum Gasteiger partial charge on any atom is -0.378 e. The summed E-state index contributed by atoms with van der Waals surface area (Å²) in [6.45, 7) is 7.70. The number of hydrogen-bond acceptors (Lipinski definition) is 3. The summed E-state index contributed by atoms with van der Waals surface area (Å²) >= 11 is 7.90. The Morgan fingerprint density at radius 2 is 0.741 bits per heavy atom.